The predicted octanol–water partition coefficient (Wildman–Crippen LogP) is 1.76. The van der Waals surface area contributed by atoms with E-state index in [9.17, 15) is 4.79 Å². The Morgan fingerprint density at radius 1 is 1.38 bits per heavy atom. The fourth-order valence-electron chi connectivity index (χ4n) is 2.82. The molecule has 2 heterocycles. The summed E-state index contributed by atoms with van der Waals surface area (Å²) >= 11 is 0. The number of para-hydroxylation sites is 1. The Kier molecular flexibility index (Phi) is 6.36. The second-order valence-corrected chi connectivity index (χ2v) is 5.88. The van der Waals surface area contributed by atoms with Crippen LogP contribution in [0.3, 0.4) is 0 Å². The number of aromatic nitrogens is 2. The van der Waals surface area contributed by atoms with Crippen molar-refractivity contribution in [2.45, 2.75) is 31.6 Å². The minimum Gasteiger partial charge on any atom is -0.364 e. The first-order valence-corrected chi connectivity index (χ1v) is 7.87. The van der Waals surface area contributed by atoms with Gasteiger partial charge < -0.3 is 15.4 Å². The summed E-state index contributed by atoms with van der Waals surface area (Å²) in [6.07, 6.45) is 4.98. The summed E-state index contributed by atoms with van der Waals surface area (Å²) in [6.45, 7) is 0.982. The molecule has 1 aliphatic rings. The highest BCUT2D eigenvalue weighted by atomic mass is 35.5. The number of nitrogens with two attached hydrogens (primary N) is 1. The van der Waals surface area contributed by atoms with E-state index in [1.165, 1.54) is 0 Å². The molecule has 1 fully saturated rings. The summed E-state index contributed by atoms with van der Waals surface area (Å²) in [5.41, 5.74) is 7.58. The molecular formula is C17H23ClN4O2. The number of hydrogen-bond donors (Lipinski definition) is 1. The molecule has 0 aliphatic carbocycles. The highest BCUT2D eigenvalue weighted by Gasteiger charge is 2.31. The van der Waals surface area contributed by atoms with E-state index in [0.717, 1.165) is 24.1 Å². The van der Waals surface area contributed by atoms with Gasteiger partial charge in [0, 0.05) is 31.9 Å². The van der Waals surface area contributed by atoms with Crippen LogP contribution in [0, 0.1) is 0 Å². The zero-order valence-electron chi connectivity index (χ0n) is 13.7. The van der Waals surface area contributed by atoms with Crippen LogP contribution in [0.2, 0.25) is 0 Å². The summed E-state index contributed by atoms with van der Waals surface area (Å²) in [4.78, 5) is 14.1. The third-order valence-electron chi connectivity index (χ3n) is 4.10. The van der Waals surface area contributed by atoms with Gasteiger partial charge in [-0.1, -0.05) is 18.2 Å². The van der Waals surface area contributed by atoms with E-state index in [1.54, 1.807) is 18.1 Å². The van der Waals surface area contributed by atoms with E-state index in [-0.39, 0.29) is 30.5 Å². The van der Waals surface area contributed by atoms with Gasteiger partial charge in [-0.25, -0.2) is 4.68 Å². The van der Waals surface area contributed by atoms with Crippen molar-refractivity contribution in [2.24, 2.45) is 5.73 Å². The number of ether oxygens (including phenoxy) is 1. The fourth-order valence-corrected chi connectivity index (χ4v) is 2.82. The summed E-state index contributed by atoms with van der Waals surface area (Å²) in [5, 5.41) is 4.35. The maximum atomic E-state index is 12.4. The van der Waals surface area contributed by atoms with Gasteiger partial charge in [-0.3, -0.25) is 4.79 Å². The number of carbonyl (C=O) groups is 1. The van der Waals surface area contributed by atoms with Gasteiger partial charge >= 0.3 is 0 Å². The van der Waals surface area contributed by atoms with Crippen LogP contribution >= 0.6 is 12.4 Å². The average Bonchev–Trinajstić information content (AvgIpc) is 3.24. The molecule has 0 unspecified atom stereocenters. The summed E-state index contributed by atoms with van der Waals surface area (Å²) < 4.78 is 7.48. The summed E-state index contributed by atoms with van der Waals surface area (Å²) in [6, 6.07) is 9.89. The Labute approximate surface area is 148 Å². The highest BCUT2D eigenvalue weighted by Crippen LogP contribution is 2.21. The van der Waals surface area contributed by atoms with Crippen molar-refractivity contribution in [1.82, 2.24) is 14.7 Å². The maximum Gasteiger partial charge on any atom is 0.251 e. The van der Waals surface area contributed by atoms with Crippen LogP contribution in [0.5, 0.6) is 0 Å². The van der Waals surface area contributed by atoms with Crippen LogP contribution in [0.25, 0.3) is 5.69 Å². The minimum absolute atomic E-state index is 0. The van der Waals surface area contributed by atoms with Gasteiger partial charge in [0.2, 0.25) is 0 Å². The van der Waals surface area contributed by atoms with Crippen molar-refractivity contribution in [2.75, 3.05) is 13.6 Å². The van der Waals surface area contributed by atoms with Crippen molar-refractivity contribution in [3.8, 4) is 5.69 Å². The van der Waals surface area contributed by atoms with E-state index >= 15 is 0 Å². The lowest BCUT2D eigenvalue weighted by atomic mass is 10.2. The first-order chi connectivity index (χ1) is 11.2. The van der Waals surface area contributed by atoms with E-state index in [2.05, 4.69) is 5.10 Å². The lowest BCUT2D eigenvalue weighted by Gasteiger charge is -2.20. The Bertz CT molecular complexity index is 662. The van der Waals surface area contributed by atoms with Gasteiger partial charge in [-0.05, 0) is 25.0 Å². The van der Waals surface area contributed by atoms with Crippen molar-refractivity contribution in [1.29, 1.82) is 0 Å². The molecule has 1 aliphatic heterocycles. The fraction of sp³-hybridized carbons (Fsp3) is 0.412. The summed E-state index contributed by atoms with van der Waals surface area (Å²) in [7, 11) is 1.79. The molecule has 0 saturated carbocycles. The Balaban J connectivity index is 0.00000208. The Hall–Kier alpha value is -1.89. The largest absolute Gasteiger partial charge is 0.364 e. The number of rotatable bonds is 5. The molecule has 7 heteroatoms. The molecule has 2 N–H and O–H groups in total. The molecule has 3 rings (SSSR count). The van der Waals surface area contributed by atoms with Crippen molar-refractivity contribution < 1.29 is 9.53 Å². The van der Waals surface area contributed by atoms with Gasteiger partial charge in [0.1, 0.15) is 6.10 Å². The first kappa shape index (κ1) is 18.4. The van der Waals surface area contributed by atoms with Crippen LogP contribution in [0.4, 0.5) is 0 Å². The summed E-state index contributed by atoms with van der Waals surface area (Å²) in [5.74, 6) is 0.00779. The van der Waals surface area contributed by atoms with E-state index < -0.39 is 0 Å². The highest BCUT2D eigenvalue weighted by molar-refractivity contribution is 5.85. The van der Waals surface area contributed by atoms with Crippen molar-refractivity contribution in [3.05, 3.63) is 48.3 Å². The van der Waals surface area contributed by atoms with Crippen LogP contribution in [-0.4, -0.2) is 46.4 Å². The average molecular weight is 351 g/mol. The molecule has 2 aromatic rings. The molecule has 1 amide bonds. The lowest BCUT2D eigenvalue weighted by molar-refractivity contribution is -0.141. The molecule has 1 aromatic carbocycles. The number of amides is 1. The van der Waals surface area contributed by atoms with Gasteiger partial charge in [-0.15, -0.1) is 12.4 Å². The number of likely N-dealkylation sites (N-methyl/N-ethyl adjacent to an activating group) is 1. The van der Waals surface area contributed by atoms with Gasteiger partial charge in [-0.2, -0.15) is 5.10 Å². The Morgan fingerprint density at radius 2 is 2.12 bits per heavy atom. The standard InChI is InChI=1S/C17H22N4O2.ClH/c1-20(17(22)16-8-7-15(9-18)23-16)11-13-10-19-21(12-13)14-5-3-2-4-6-14;/h2-6,10,12,15-16H,7-9,11,18H2,1H3;1H/t15-,16+;/m1./s1. The molecular weight excluding hydrogens is 328 g/mol. The smallest absolute Gasteiger partial charge is 0.251 e. The molecule has 6 nitrogen and oxygen atoms in total. The van der Waals surface area contributed by atoms with Crippen LogP contribution in [0.1, 0.15) is 18.4 Å². The van der Waals surface area contributed by atoms with Crippen LogP contribution < -0.4 is 5.73 Å². The van der Waals surface area contributed by atoms with Gasteiger partial charge in [0.25, 0.3) is 5.91 Å². The quantitative estimate of drug-likeness (QED) is 0.891. The number of halogens is 1. The molecule has 130 valence electrons. The molecule has 1 aromatic heterocycles. The van der Waals surface area contributed by atoms with Crippen LogP contribution in [-0.2, 0) is 16.1 Å². The molecule has 24 heavy (non-hydrogen) atoms. The molecule has 2 atom stereocenters. The lowest BCUT2D eigenvalue weighted by Crippen LogP contribution is -2.36. The van der Waals surface area contributed by atoms with E-state index in [4.69, 9.17) is 10.5 Å². The zero-order chi connectivity index (χ0) is 16.2. The molecule has 1 saturated heterocycles. The normalized spacial score (nSPS) is 19.8. The SMILES string of the molecule is CN(Cc1cnn(-c2ccccc2)c1)C(=O)[C@@H]1CC[C@H](CN)O1.Cl. The predicted molar refractivity (Wildman–Crippen MR) is 94.2 cm³/mol. The third kappa shape index (κ3) is 4.14. The van der Waals surface area contributed by atoms with Crippen molar-refractivity contribution >= 4 is 18.3 Å². The number of hydrogen-bond acceptors (Lipinski definition) is 4. The minimum atomic E-state index is -0.363. The zero-order valence-corrected chi connectivity index (χ0v) is 14.5. The number of carbonyl (C=O) groups excluding carboxylic acids is 1. The molecule has 0 bridgehead atoms. The number of nitrogens with zero attached hydrogens (tertiary/aromatic N) is 3. The van der Waals surface area contributed by atoms with E-state index in [0.29, 0.717) is 13.1 Å². The topological polar surface area (TPSA) is 73.4 Å². The second-order valence-electron chi connectivity index (χ2n) is 5.88. The van der Waals surface area contributed by atoms with Crippen LogP contribution in [0.15, 0.2) is 42.7 Å². The monoisotopic (exact) mass is 350 g/mol. The molecule has 0 radical (unpaired) electrons. The van der Waals surface area contributed by atoms with E-state index in [1.807, 2.05) is 41.2 Å². The Morgan fingerprint density at radius 3 is 2.79 bits per heavy atom. The third-order valence-corrected chi connectivity index (χ3v) is 4.10. The van der Waals surface area contributed by atoms with Gasteiger partial charge in [0.15, 0.2) is 0 Å². The second kappa shape index (κ2) is 8.28. The molecule has 0 spiro atoms. The first-order valence-electron chi connectivity index (χ1n) is 7.87. The van der Waals surface area contributed by atoms with Gasteiger partial charge in [0.05, 0.1) is 18.0 Å². The van der Waals surface area contributed by atoms with Crippen molar-refractivity contribution in [3.63, 3.8) is 0 Å². The number of benzene rings is 1. The maximum absolute atomic E-state index is 12.4.